The third-order valence-corrected chi connectivity index (χ3v) is 9.17. The molecule has 2 aliphatic carbocycles. The van der Waals surface area contributed by atoms with Crippen molar-refractivity contribution in [3.63, 3.8) is 0 Å². The SMILES string of the molecule is CC[C@H]1C[C@@H](C(=O)N=CC2CCCc3ccccc32)N(C(=O)[C@@H](NC(=O)[C@H](C)N(C)C)C2CCCCC2)C1. The van der Waals surface area contributed by atoms with E-state index in [2.05, 4.69) is 35.4 Å². The summed E-state index contributed by atoms with van der Waals surface area (Å²) in [6.45, 7) is 4.52. The lowest BCUT2D eigenvalue weighted by atomic mass is 9.83. The van der Waals surface area contributed by atoms with E-state index in [4.69, 9.17) is 0 Å². The van der Waals surface area contributed by atoms with Gasteiger partial charge in [0.15, 0.2) is 0 Å². The number of nitrogens with zero attached hydrogens (tertiary/aromatic N) is 3. The molecule has 0 aromatic heterocycles. The van der Waals surface area contributed by atoms with Gasteiger partial charge in [0, 0.05) is 18.7 Å². The van der Waals surface area contributed by atoms with Gasteiger partial charge in [0.1, 0.15) is 12.1 Å². The van der Waals surface area contributed by atoms with E-state index < -0.39 is 12.1 Å². The van der Waals surface area contributed by atoms with E-state index in [-0.39, 0.29) is 41.5 Å². The maximum Gasteiger partial charge on any atom is 0.268 e. The van der Waals surface area contributed by atoms with Crippen LogP contribution >= 0.6 is 0 Å². The minimum Gasteiger partial charge on any atom is -0.343 e. The van der Waals surface area contributed by atoms with Gasteiger partial charge in [-0.05, 0) is 82.5 Å². The molecule has 7 nitrogen and oxygen atoms in total. The standard InChI is InChI=1S/C31H46N4O3/c1-5-22-18-27(30(37)32-19-25-16-11-15-23-12-9-10-17-26(23)25)35(20-22)31(38)28(24-13-7-6-8-14-24)33-29(36)21(2)34(3)4/h9-10,12,17,19,21-22,24-25,27-28H,5-8,11,13-16,18,20H2,1-4H3,(H,33,36)/t21-,22-,25?,27-,28-/m0/s1. The van der Waals surface area contributed by atoms with Crippen molar-refractivity contribution in [2.45, 2.75) is 102 Å². The maximum absolute atomic E-state index is 14.1. The summed E-state index contributed by atoms with van der Waals surface area (Å²) in [5, 5.41) is 3.11. The Balaban J connectivity index is 1.53. The monoisotopic (exact) mass is 522 g/mol. The third kappa shape index (κ3) is 6.53. The molecule has 0 bridgehead atoms. The van der Waals surface area contributed by atoms with Crippen LogP contribution in [-0.4, -0.2) is 72.5 Å². The first kappa shape index (κ1) is 28.5. The van der Waals surface area contributed by atoms with Gasteiger partial charge in [-0.1, -0.05) is 56.9 Å². The summed E-state index contributed by atoms with van der Waals surface area (Å²) < 4.78 is 0. The molecule has 1 aromatic carbocycles. The van der Waals surface area contributed by atoms with E-state index in [1.54, 1.807) is 4.90 Å². The molecule has 1 heterocycles. The molecule has 2 fully saturated rings. The number of carbonyl (C=O) groups is 3. The Bertz CT molecular complexity index is 1020. The summed E-state index contributed by atoms with van der Waals surface area (Å²) in [5.74, 6) is 0.0341. The number of benzene rings is 1. The summed E-state index contributed by atoms with van der Waals surface area (Å²) in [7, 11) is 3.73. The quantitative estimate of drug-likeness (QED) is 0.515. The van der Waals surface area contributed by atoms with Crippen LogP contribution in [0.4, 0.5) is 0 Å². The van der Waals surface area contributed by atoms with Crippen LogP contribution < -0.4 is 5.32 Å². The smallest absolute Gasteiger partial charge is 0.268 e. The number of likely N-dealkylation sites (N-methyl/N-ethyl adjacent to an activating group) is 1. The predicted octanol–water partition coefficient (Wildman–Crippen LogP) is 4.35. The highest BCUT2D eigenvalue weighted by molar-refractivity contribution is 5.96. The van der Waals surface area contributed by atoms with Crippen molar-refractivity contribution in [1.29, 1.82) is 0 Å². The third-order valence-electron chi connectivity index (χ3n) is 9.17. The normalized spacial score (nSPS) is 25.8. The number of hydrogen-bond donors (Lipinski definition) is 1. The van der Waals surface area contributed by atoms with Gasteiger partial charge in [0.25, 0.3) is 5.91 Å². The van der Waals surface area contributed by atoms with Gasteiger partial charge in [0.2, 0.25) is 11.8 Å². The summed E-state index contributed by atoms with van der Waals surface area (Å²) >= 11 is 0. The van der Waals surface area contributed by atoms with Gasteiger partial charge in [-0.3, -0.25) is 19.3 Å². The van der Waals surface area contributed by atoms with Gasteiger partial charge in [-0.2, -0.15) is 0 Å². The zero-order valence-corrected chi connectivity index (χ0v) is 23.7. The van der Waals surface area contributed by atoms with E-state index in [1.165, 1.54) is 17.5 Å². The second-order valence-corrected chi connectivity index (χ2v) is 11.9. The van der Waals surface area contributed by atoms with E-state index in [9.17, 15) is 14.4 Å². The molecule has 0 spiro atoms. The summed E-state index contributed by atoms with van der Waals surface area (Å²) in [6, 6.07) is 6.93. The Morgan fingerprint density at radius 2 is 1.84 bits per heavy atom. The number of hydrogen-bond acceptors (Lipinski definition) is 4. The Labute approximate surface area is 228 Å². The van der Waals surface area contributed by atoms with Crippen molar-refractivity contribution in [3.05, 3.63) is 35.4 Å². The zero-order chi connectivity index (χ0) is 27.2. The summed E-state index contributed by atoms with van der Waals surface area (Å²) in [4.78, 5) is 48.7. The first-order valence-electron chi connectivity index (χ1n) is 14.7. The van der Waals surface area contributed by atoms with Gasteiger partial charge in [-0.15, -0.1) is 0 Å². The average molecular weight is 523 g/mol. The van der Waals surface area contributed by atoms with E-state index in [1.807, 2.05) is 38.2 Å². The van der Waals surface area contributed by atoms with Crippen molar-refractivity contribution in [3.8, 4) is 0 Å². The van der Waals surface area contributed by atoms with Crippen LogP contribution in [0, 0.1) is 11.8 Å². The molecule has 1 aliphatic heterocycles. The van der Waals surface area contributed by atoms with E-state index in [0.29, 0.717) is 13.0 Å². The molecule has 1 N–H and O–H groups in total. The second kappa shape index (κ2) is 13.0. The number of likely N-dealkylation sites (tertiary alicyclic amines) is 1. The minimum absolute atomic E-state index is 0.105. The molecular weight excluding hydrogens is 476 g/mol. The lowest BCUT2D eigenvalue weighted by Gasteiger charge is -2.35. The average Bonchev–Trinajstić information content (AvgIpc) is 3.39. The highest BCUT2D eigenvalue weighted by atomic mass is 16.2. The van der Waals surface area contributed by atoms with Crippen LogP contribution in [0.5, 0.6) is 0 Å². The molecular formula is C31H46N4O3. The molecule has 1 unspecified atom stereocenters. The van der Waals surface area contributed by atoms with Crippen LogP contribution in [0.25, 0.3) is 0 Å². The van der Waals surface area contributed by atoms with Crippen LogP contribution in [-0.2, 0) is 20.8 Å². The molecule has 38 heavy (non-hydrogen) atoms. The fourth-order valence-corrected chi connectivity index (χ4v) is 6.43. The second-order valence-electron chi connectivity index (χ2n) is 11.9. The van der Waals surface area contributed by atoms with Gasteiger partial charge >= 0.3 is 0 Å². The van der Waals surface area contributed by atoms with Crippen LogP contribution in [0.3, 0.4) is 0 Å². The molecule has 3 aliphatic rings. The highest BCUT2D eigenvalue weighted by Crippen LogP contribution is 2.33. The number of fused-ring (bicyclic) bond motifs is 1. The first-order chi connectivity index (χ1) is 18.3. The Morgan fingerprint density at radius 1 is 1.11 bits per heavy atom. The van der Waals surface area contributed by atoms with E-state index >= 15 is 0 Å². The molecule has 208 valence electrons. The van der Waals surface area contributed by atoms with Crippen molar-refractivity contribution in [2.75, 3.05) is 20.6 Å². The largest absolute Gasteiger partial charge is 0.343 e. The Morgan fingerprint density at radius 3 is 2.55 bits per heavy atom. The predicted molar refractivity (Wildman–Crippen MR) is 151 cm³/mol. The molecule has 3 amide bonds. The lowest BCUT2D eigenvalue weighted by molar-refractivity contribution is -0.142. The van der Waals surface area contributed by atoms with Gasteiger partial charge in [0.05, 0.1) is 6.04 Å². The summed E-state index contributed by atoms with van der Waals surface area (Å²) in [5.41, 5.74) is 2.60. The van der Waals surface area contributed by atoms with Crippen LogP contribution in [0.15, 0.2) is 29.3 Å². The molecule has 1 saturated carbocycles. The van der Waals surface area contributed by atoms with Crippen LogP contribution in [0.2, 0.25) is 0 Å². The molecule has 1 aromatic rings. The summed E-state index contributed by atoms with van der Waals surface area (Å²) in [6.07, 6.45) is 11.7. The molecule has 4 rings (SSSR count). The number of carbonyl (C=O) groups excluding carboxylic acids is 3. The fourth-order valence-electron chi connectivity index (χ4n) is 6.43. The Kier molecular flexibility index (Phi) is 9.74. The number of nitrogens with one attached hydrogen (secondary N) is 1. The molecule has 5 atom stereocenters. The van der Waals surface area contributed by atoms with Gasteiger partial charge < -0.3 is 10.2 Å². The minimum atomic E-state index is -0.592. The topological polar surface area (TPSA) is 82.1 Å². The Hall–Kier alpha value is -2.54. The van der Waals surface area contributed by atoms with Crippen LogP contribution in [0.1, 0.15) is 88.7 Å². The van der Waals surface area contributed by atoms with Gasteiger partial charge in [-0.25, -0.2) is 4.99 Å². The number of rotatable bonds is 8. The number of aliphatic imine (C=N–C) groups is 1. The zero-order valence-electron chi connectivity index (χ0n) is 23.7. The fraction of sp³-hybridized carbons (Fsp3) is 0.677. The van der Waals surface area contributed by atoms with E-state index in [0.717, 1.165) is 51.4 Å². The lowest BCUT2D eigenvalue weighted by Crippen LogP contribution is -2.57. The van der Waals surface area contributed by atoms with Crippen molar-refractivity contribution in [1.82, 2.24) is 15.1 Å². The molecule has 7 heteroatoms. The maximum atomic E-state index is 14.1. The first-order valence-corrected chi connectivity index (χ1v) is 14.7. The number of aryl methyl sites for hydroxylation is 1. The van der Waals surface area contributed by atoms with Crippen molar-refractivity contribution in [2.24, 2.45) is 16.8 Å². The van der Waals surface area contributed by atoms with Crippen molar-refractivity contribution < 1.29 is 14.4 Å². The van der Waals surface area contributed by atoms with Crippen molar-refractivity contribution >= 4 is 23.9 Å². The highest BCUT2D eigenvalue weighted by Gasteiger charge is 2.43. The molecule has 0 radical (unpaired) electrons. The number of amides is 3. The molecule has 1 saturated heterocycles.